The van der Waals surface area contributed by atoms with Crippen molar-refractivity contribution in [2.24, 2.45) is 0 Å². The van der Waals surface area contributed by atoms with Gasteiger partial charge in [-0.3, -0.25) is 0 Å². The van der Waals surface area contributed by atoms with Crippen LogP contribution in [0.4, 0.5) is 0 Å². The molecule has 0 bridgehead atoms. The third kappa shape index (κ3) is 6.11. The Morgan fingerprint density at radius 1 is 1.03 bits per heavy atom. The zero-order valence-corrected chi connectivity index (χ0v) is 22.0. The Balaban J connectivity index is 1.12. The summed E-state index contributed by atoms with van der Waals surface area (Å²) in [7, 11) is -1.42. The van der Waals surface area contributed by atoms with Crippen LogP contribution in [-0.4, -0.2) is 75.6 Å². The van der Waals surface area contributed by atoms with Gasteiger partial charge >= 0.3 is 0 Å². The molecule has 36 heavy (non-hydrogen) atoms. The maximum absolute atomic E-state index is 13.1. The lowest BCUT2D eigenvalue weighted by Crippen LogP contribution is -2.44. The second kappa shape index (κ2) is 11.3. The minimum Gasteiger partial charge on any atom is -0.494 e. The summed E-state index contributed by atoms with van der Waals surface area (Å²) in [6.07, 6.45) is 6.84. The predicted molar refractivity (Wildman–Crippen MR) is 144 cm³/mol. The molecule has 0 amide bonds. The average molecular weight is 511 g/mol. The Hall–Kier alpha value is -2.39. The van der Waals surface area contributed by atoms with Crippen LogP contribution in [0.2, 0.25) is 0 Å². The molecule has 2 fully saturated rings. The Bertz CT molecular complexity index is 1230. The van der Waals surface area contributed by atoms with Crippen molar-refractivity contribution in [2.45, 2.75) is 49.0 Å². The van der Waals surface area contributed by atoms with Crippen LogP contribution in [0.25, 0.3) is 10.9 Å². The number of fused-ring (bicyclic) bond motifs is 1. The first-order valence-corrected chi connectivity index (χ1v) is 14.7. The van der Waals surface area contributed by atoms with Crippen LogP contribution in [0.3, 0.4) is 0 Å². The molecule has 1 saturated carbocycles. The van der Waals surface area contributed by atoms with Gasteiger partial charge < -0.3 is 19.5 Å². The molecule has 1 aromatic heterocycles. The second-order valence-electron chi connectivity index (χ2n) is 10.3. The van der Waals surface area contributed by atoms with Crippen LogP contribution in [0.1, 0.15) is 43.6 Å². The van der Waals surface area contributed by atoms with Gasteiger partial charge in [0.05, 0.1) is 11.5 Å². The number of likely N-dealkylation sites (N-methyl/N-ethyl adjacent to an activating group) is 1. The summed E-state index contributed by atoms with van der Waals surface area (Å²) < 4.78 is 35.1. The van der Waals surface area contributed by atoms with Crippen molar-refractivity contribution in [2.75, 3.05) is 46.4 Å². The van der Waals surface area contributed by atoms with Gasteiger partial charge in [0, 0.05) is 55.9 Å². The Morgan fingerprint density at radius 3 is 2.61 bits per heavy atom. The fourth-order valence-electron chi connectivity index (χ4n) is 5.56. The van der Waals surface area contributed by atoms with Crippen molar-refractivity contribution in [3.8, 4) is 5.75 Å². The molecule has 2 heterocycles. The summed E-state index contributed by atoms with van der Waals surface area (Å²) in [6.45, 7) is 6.13. The topological polar surface area (TPSA) is 77.7 Å². The molecular weight excluding hydrogens is 472 g/mol. The van der Waals surface area contributed by atoms with Gasteiger partial charge in [0.25, 0.3) is 0 Å². The fourth-order valence-corrected chi connectivity index (χ4v) is 6.85. The molecule has 0 spiro atoms. The highest BCUT2D eigenvalue weighted by Crippen LogP contribution is 2.37. The first-order chi connectivity index (χ1) is 17.5. The summed E-state index contributed by atoms with van der Waals surface area (Å²) in [5.74, 6) is 1.06. The van der Waals surface area contributed by atoms with E-state index in [1.54, 1.807) is 24.3 Å². The molecule has 8 heteroatoms. The van der Waals surface area contributed by atoms with Crippen molar-refractivity contribution in [3.63, 3.8) is 0 Å². The third-order valence-electron chi connectivity index (χ3n) is 7.67. The lowest BCUT2D eigenvalue weighted by atomic mass is 9.81. The number of aromatic amines is 1. The highest BCUT2D eigenvalue weighted by atomic mass is 32.2. The van der Waals surface area contributed by atoms with E-state index in [9.17, 15) is 8.42 Å². The lowest BCUT2D eigenvalue weighted by Gasteiger charge is -2.32. The summed E-state index contributed by atoms with van der Waals surface area (Å²) >= 11 is 0. The molecule has 2 aliphatic rings. The standard InChI is InChI=1S/C28H38N4O3S/c1-31-15-17-32(18-16-31)14-5-19-35-24-10-12-25(13-11-24)36(33,34)30-23-7-4-6-22(20-23)27-21-29-28-9-3-2-8-26(27)28/h2-3,8-13,21-23,29-30H,4-7,14-20H2,1H3. The van der Waals surface area contributed by atoms with E-state index in [0.717, 1.165) is 70.3 Å². The van der Waals surface area contributed by atoms with E-state index in [0.29, 0.717) is 23.2 Å². The van der Waals surface area contributed by atoms with E-state index in [-0.39, 0.29) is 6.04 Å². The van der Waals surface area contributed by atoms with Crippen molar-refractivity contribution in [1.29, 1.82) is 0 Å². The number of nitrogens with one attached hydrogen (secondary N) is 2. The van der Waals surface area contributed by atoms with Crippen LogP contribution in [0.15, 0.2) is 59.6 Å². The van der Waals surface area contributed by atoms with Crippen molar-refractivity contribution < 1.29 is 13.2 Å². The minimum absolute atomic E-state index is 0.0621. The smallest absolute Gasteiger partial charge is 0.240 e. The molecule has 7 nitrogen and oxygen atoms in total. The first-order valence-electron chi connectivity index (χ1n) is 13.2. The van der Waals surface area contributed by atoms with E-state index < -0.39 is 10.0 Å². The number of para-hydroxylation sites is 1. The molecule has 2 aromatic carbocycles. The fraction of sp³-hybridized carbons (Fsp3) is 0.500. The molecule has 5 rings (SSSR count). The van der Waals surface area contributed by atoms with Crippen molar-refractivity contribution in [3.05, 3.63) is 60.3 Å². The zero-order chi connectivity index (χ0) is 25.0. The van der Waals surface area contributed by atoms with Crippen LogP contribution in [0.5, 0.6) is 5.75 Å². The van der Waals surface area contributed by atoms with E-state index >= 15 is 0 Å². The van der Waals surface area contributed by atoms with Crippen LogP contribution in [-0.2, 0) is 10.0 Å². The number of nitrogens with zero attached hydrogens (tertiary/aromatic N) is 2. The van der Waals surface area contributed by atoms with Crippen LogP contribution in [0, 0.1) is 0 Å². The van der Waals surface area contributed by atoms with Crippen LogP contribution < -0.4 is 9.46 Å². The quantitative estimate of drug-likeness (QED) is 0.422. The Labute approximate surface area is 214 Å². The Morgan fingerprint density at radius 2 is 1.81 bits per heavy atom. The van der Waals surface area contributed by atoms with Crippen molar-refractivity contribution >= 4 is 20.9 Å². The normalized spacial score (nSPS) is 22.1. The molecule has 1 saturated heterocycles. The van der Waals surface area contributed by atoms with Gasteiger partial charge in [-0.25, -0.2) is 13.1 Å². The lowest BCUT2D eigenvalue weighted by molar-refractivity contribution is 0.145. The number of benzene rings is 2. The van der Waals surface area contributed by atoms with E-state index in [1.807, 2.05) is 6.07 Å². The molecule has 1 aliphatic carbocycles. The number of aromatic nitrogens is 1. The Kier molecular flexibility index (Phi) is 7.96. The summed E-state index contributed by atoms with van der Waals surface area (Å²) in [5.41, 5.74) is 2.43. The monoisotopic (exact) mass is 510 g/mol. The SMILES string of the molecule is CN1CCN(CCCOc2ccc(S(=O)(=O)NC3CCCC(c4c[nH]c5ccccc45)C3)cc2)CC1. The van der Waals surface area contributed by atoms with Gasteiger partial charge in [0.15, 0.2) is 0 Å². The van der Waals surface area contributed by atoms with E-state index in [2.05, 4.69) is 50.9 Å². The van der Waals surface area contributed by atoms with Crippen LogP contribution >= 0.6 is 0 Å². The van der Waals surface area contributed by atoms with E-state index in [4.69, 9.17) is 4.74 Å². The number of hydrogen-bond acceptors (Lipinski definition) is 5. The molecule has 2 atom stereocenters. The second-order valence-corrected chi connectivity index (χ2v) is 12.0. The predicted octanol–water partition coefficient (Wildman–Crippen LogP) is 4.19. The summed E-state index contributed by atoms with van der Waals surface area (Å²) in [5, 5.41) is 1.24. The number of piperazine rings is 1. The number of sulfonamides is 1. The summed E-state index contributed by atoms with van der Waals surface area (Å²) in [4.78, 5) is 8.48. The highest BCUT2D eigenvalue weighted by molar-refractivity contribution is 7.89. The van der Waals surface area contributed by atoms with Gasteiger partial charge in [-0.15, -0.1) is 0 Å². The maximum Gasteiger partial charge on any atom is 0.240 e. The van der Waals surface area contributed by atoms with Gasteiger partial charge in [-0.1, -0.05) is 24.6 Å². The third-order valence-corrected chi connectivity index (χ3v) is 9.21. The highest BCUT2D eigenvalue weighted by Gasteiger charge is 2.28. The number of hydrogen-bond donors (Lipinski definition) is 2. The average Bonchev–Trinajstić information content (AvgIpc) is 3.32. The summed E-state index contributed by atoms with van der Waals surface area (Å²) in [6, 6.07) is 15.1. The van der Waals surface area contributed by atoms with Gasteiger partial charge in [-0.2, -0.15) is 0 Å². The molecule has 2 unspecified atom stereocenters. The molecular formula is C28H38N4O3S. The molecule has 194 valence electrons. The van der Waals surface area contributed by atoms with Gasteiger partial charge in [0.2, 0.25) is 10.0 Å². The zero-order valence-electron chi connectivity index (χ0n) is 21.2. The maximum atomic E-state index is 13.1. The van der Waals surface area contributed by atoms with Crippen molar-refractivity contribution in [1.82, 2.24) is 19.5 Å². The van der Waals surface area contributed by atoms with Gasteiger partial charge in [-0.05, 0) is 74.5 Å². The first kappa shape index (κ1) is 25.3. The number of H-pyrrole nitrogens is 1. The van der Waals surface area contributed by atoms with E-state index in [1.165, 1.54) is 10.9 Å². The minimum atomic E-state index is -3.58. The molecule has 0 radical (unpaired) electrons. The number of ether oxygens (including phenoxy) is 1. The molecule has 1 aliphatic heterocycles. The van der Waals surface area contributed by atoms with Gasteiger partial charge in [0.1, 0.15) is 5.75 Å². The molecule has 3 aromatic rings. The largest absolute Gasteiger partial charge is 0.494 e. The number of rotatable bonds is 9. The molecule has 2 N–H and O–H groups in total.